The molecule has 0 unspecified atom stereocenters. The molecule has 2 nitrogen and oxygen atoms in total. The second kappa shape index (κ2) is 5.08. The van der Waals surface area contributed by atoms with Crippen LogP contribution >= 0.6 is 0 Å². The van der Waals surface area contributed by atoms with Crippen LogP contribution in [0.3, 0.4) is 0 Å². The number of rotatable bonds is 4. The van der Waals surface area contributed by atoms with Gasteiger partial charge in [0.15, 0.2) is 0 Å². The van der Waals surface area contributed by atoms with Crippen molar-refractivity contribution in [2.45, 2.75) is 13.3 Å². The molecule has 0 N–H and O–H groups in total. The molecule has 1 aromatic rings. The molecule has 0 aliphatic heterocycles. The SMILES string of the molecule is C=[C]c1ccc(OCCC)c(C#N)c1. The molecular formula is C12H12NO. The van der Waals surface area contributed by atoms with Crippen molar-refractivity contribution in [1.29, 1.82) is 5.26 Å². The zero-order chi connectivity index (χ0) is 10.4. The molecule has 0 saturated carbocycles. The summed E-state index contributed by atoms with van der Waals surface area (Å²) in [5.41, 5.74) is 1.34. The predicted molar refractivity (Wildman–Crippen MR) is 54.9 cm³/mol. The minimum absolute atomic E-state index is 0.534. The number of hydrogen-bond donors (Lipinski definition) is 0. The van der Waals surface area contributed by atoms with Gasteiger partial charge in [0.1, 0.15) is 11.8 Å². The molecule has 0 bridgehead atoms. The molecule has 0 amide bonds. The van der Waals surface area contributed by atoms with Crippen LogP contribution in [0.1, 0.15) is 24.5 Å². The van der Waals surface area contributed by atoms with Crippen LogP contribution in [-0.2, 0) is 0 Å². The van der Waals surface area contributed by atoms with E-state index < -0.39 is 0 Å². The third-order valence-corrected chi connectivity index (χ3v) is 1.77. The Balaban J connectivity index is 2.94. The fourth-order valence-electron chi connectivity index (χ4n) is 1.07. The summed E-state index contributed by atoms with van der Waals surface area (Å²) < 4.78 is 5.41. The molecule has 0 fully saturated rings. The first-order valence-electron chi connectivity index (χ1n) is 4.52. The molecule has 0 aromatic heterocycles. The van der Waals surface area contributed by atoms with E-state index in [0.717, 1.165) is 12.0 Å². The largest absolute Gasteiger partial charge is 0.492 e. The Kier molecular flexibility index (Phi) is 3.75. The summed E-state index contributed by atoms with van der Waals surface area (Å²) >= 11 is 0. The third kappa shape index (κ3) is 2.37. The average molecular weight is 186 g/mol. The quantitative estimate of drug-likeness (QED) is 0.724. The molecule has 1 rings (SSSR count). The van der Waals surface area contributed by atoms with Crippen LogP contribution in [0, 0.1) is 17.4 Å². The maximum atomic E-state index is 8.86. The summed E-state index contributed by atoms with van der Waals surface area (Å²) in [4.78, 5) is 0. The van der Waals surface area contributed by atoms with E-state index in [-0.39, 0.29) is 0 Å². The van der Waals surface area contributed by atoms with Crippen LogP contribution in [-0.4, -0.2) is 6.61 Å². The highest BCUT2D eigenvalue weighted by atomic mass is 16.5. The van der Waals surface area contributed by atoms with Crippen molar-refractivity contribution in [3.63, 3.8) is 0 Å². The fourth-order valence-corrected chi connectivity index (χ4v) is 1.07. The second-order valence-corrected chi connectivity index (χ2v) is 2.85. The Labute approximate surface area is 84.4 Å². The molecule has 71 valence electrons. The van der Waals surface area contributed by atoms with Crippen molar-refractivity contribution in [1.82, 2.24) is 0 Å². The number of nitriles is 1. The lowest BCUT2D eigenvalue weighted by atomic mass is 10.1. The highest BCUT2D eigenvalue weighted by molar-refractivity contribution is 5.46. The summed E-state index contributed by atoms with van der Waals surface area (Å²) in [5.74, 6) is 0.633. The van der Waals surface area contributed by atoms with Gasteiger partial charge in [-0.25, -0.2) is 0 Å². The summed E-state index contributed by atoms with van der Waals surface area (Å²) in [6.45, 7) is 6.18. The van der Waals surface area contributed by atoms with E-state index in [1.54, 1.807) is 12.1 Å². The molecule has 1 aromatic carbocycles. The van der Waals surface area contributed by atoms with Gasteiger partial charge in [-0.3, -0.25) is 0 Å². The van der Waals surface area contributed by atoms with Crippen molar-refractivity contribution in [2.75, 3.05) is 6.61 Å². The number of ether oxygens (including phenoxy) is 1. The molecular weight excluding hydrogens is 174 g/mol. The molecule has 1 radical (unpaired) electrons. The number of hydrogen-bond acceptors (Lipinski definition) is 2. The standard InChI is InChI=1S/C12H12NO/c1-3-7-14-12-6-5-10(4-2)8-11(12)9-13/h5-6,8H,2-3,7H2,1H3. The van der Waals surface area contributed by atoms with E-state index in [0.29, 0.717) is 17.9 Å². The molecule has 14 heavy (non-hydrogen) atoms. The first-order chi connectivity index (χ1) is 6.81. The number of nitrogens with zero attached hydrogens (tertiary/aromatic N) is 1. The van der Waals surface area contributed by atoms with Gasteiger partial charge in [-0.15, -0.1) is 0 Å². The average Bonchev–Trinajstić information content (AvgIpc) is 2.26. The van der Waals surface area contributed by atoms with Crippen LogP contribution in [0.4, 0.5) is 0 Å². The highest BCUT2D eigenvalue weighted by Crippen LogP contribution is 2.19. The van der Waals surface area contributed by atoms with E-state index in [1.807, 2.05) is 13.0 Å². The van der Waals surface area contributed by atoms with E-state index in [1.165, 1.54) is 0 Å². The van der Waals surface area contributed by atoms with E-state index in [9.17, 15) is 0 Å². The van der Waals surface area contributed by atoms with Crippen molar-refractivity contribution < 1.29 is 4.74 Å². The van der Waals surface area contributed by atoms with E-state index >= 15 is 0 Å². The van der Waals surface area contributed by atoms with Crippen LogP contribution in [0.2, 0.25) is 0 Å². The molecule has 0 saturated heterocycles. The topological polar surface area (TPSA) is 33.0 Å². The van der Waals surface area contributed by atoms with Gasteiger partial charge >= 0.3 is 0 Å². The molecule has 0 spiro atoms. The Hall–Kier alpha value is -1.75. The summed E-state index contributed by atoms with van der Waals surface area (Å²) in [7, 11) is 0. The first kappa shape index (κ1) is 10.3. The molecule has 0 aliphatic carbocycles. The maximum absolute atomic E-state index is 8.86. The maximum Gasteiger partial charge on any atom is 0.137 e. The van der Waals surface area contributed by atoms with E-state index in [2.05, 4.69) is 18.7 Å². The van der Waals surface area contributed by atoms with Gasteiger partial charge in [0.05, 0.1) is 12.2 Å². The Morgan fingerprint density at radius 2 is 2.29 bits per heavy atom. The minimum Gasteiger partial charge on any atom is -0.492 e. The first-order valence-corrected chi connectivity index (χ1v) is 4.52. The molecule has 0 aliphatic rings. The monoisotopic (exact) mass is 186 g/mol. The van der Waals surface area contributed by atoms with Crippen LogP contribution < -0.4 is 4.74 Å². The molecule has 2 heteroatoms. The van der Waals surface area contributed by atoms with Crippen LogP contribution in [0.25, 0.3) is 0 Å². The van der Waals surface area contributed by atoms with Gasteiger partial charge in [-0.1, -0.05) is 19.6 Å². The lowest BCUT2D eigenvalue weighted by Crippen LogP contribution is -1.97. The second-order valence-electron chi connectivity index (χ2n) is 2.85. The summed E-state index contributed by atoms with van der Waals surface area (Å²) in [6.07, 6.45) is 3.66. The van der Waals surface area contributed by atoms with Crippen molar-refractivity contribution in [3.8, 4) is 11.8 Å². The smallest absolute Gasteiger partial charge is 0.137 e. The van der Waals surface area contributed by atoms with Crippen molar-refractivity contribution in [3.05, 3.63) is 42.0 Å². The Morgan fingerprint density at radius 1 is 1.50 bits per heavy atom. The van der Waals surface area contributed by atoms with Crippen LogP contribution in [0.5, 0.6) is 5.75 Å². The normalized spacial score (nSPS) is 9.14. The zero-order valence-corrected chi connectivity index (χ0v) is 8.21. The van der Waals surface area contributed by atoms with Gasteiger partial charge in [-0.2, -0.15) is 5.26 Å². The third-order valence-electron chi connectivity index (χ3n) is 1.77. The lowest BCUT2D eigenvalue weighted by Gasteiger charge is -2.06. The van der Waals surface area contributed by atoms with Gasteiger partial charge < -0.3 is 4.74 Å². The van der Waals surface area contributed by atoms with Gasteiger partial charge in [0.2, 0.25) is 0 Å². The van der Waals surface area contributed by atoms with Crippen molar-refractivity contribution in [2.24, 2.45) is 0 Å². The zero-order valence-electron chi connectivity index (χ0n) is 8.21. The number of benzene rings is 1. The van der Waals surface area contributed by atoms with Gasteiger partial charge in [-0.05, 0) is 30.2 Å². The Morgan fingerprint density at radius 3 is 2.86 bits per heavy atom. The predicted octanol–water partition coefficient (Wildman–Crippen LogP) is 2.68. The van der Waals surface area contributed by atoms with E-state index in [4.69, 9.17) is 10.00 Å². The Bertz CT molecular complexity index is 363. The van der Waals surface area contributed by atoms with Crippen LogP contribution in [0.15, 0.2) is 24.8 Å². The molecule has 0 heterocycles. The van der Waals surface area contributed by atoms with Gasteiger partial charge in [0.25, 0.3) is 0 Å². The molecule has 0 atom stereocenters. The lowest BCUT2D eigenvalue weighted by molar-refractivity contribution is 0.316. The fraction of sp³-hybridized carbons (Fsp3) is 0.250. The van der Waals surface area contributed by atoms with Crippen molar-refractivity contribution >= 4 is 0 Å². The highest BCUT2D eigenvalue weighted by Gasteiger charge is 2.02. The summed E-state index contributed by atoms with van der Waals surface area (Å²) in [5, 5.41) is 8.86. The van der Waals surface area contributed by atoms with Gasteiger partial charge in [0, 0.05) is 0 Å². The summed E-state index contributed by atoms with van der Waals surface area (Å²) in [6, 6.07) is 7.42. The minimum atomic E-state index is 0.534.